The fourth-order valence-electron chi connectivity index (χ4n) is 1.75. The van der Waals surface area contributed by atoms with Crippen LogP contribution in [0.4, 0.5) is 0 Å². The predicted octanol–water partition coefficient (Wildman–Crippen LogP) is 3.14. The number of nitrogens with zero attached hydrogens (tertiary/aromatic N) is 2. The molecule has 2 rings (SSSR count). The normalized spacial score (nSPS) is 11.3. The van der Waals surface area contributed by atoms with E-state index in [2.05, 4.69) is 15.5 Å². The van der Waals surface area contributed by atoms with Crippen molar-refractivity contribution in [2.75, 3.05) is 12.9 Å². The average molecular weight is 335 g/mol. The van der Waals surface area contributed by atoms with Crippen molar-refractivity contribution >= 4 is 17.7 Å². The maximum absolute atomic E-state index is 11.9. The lowest BCUT2D eigenvalue weighted by Gasteiger charge is -2.24. The van der Waals surface area contributed by atoms with E-state index in [-0.39, 0.29) is 17.2 Å². The molecule has 124 valence electrons. The molecule has 0 saturated carbocycles. The molecule has 0 aliphatic carbocycles. The number of ether oxygens (including phenoxy) is 1. The van der Waals surface area contributed by atoms with Gasteiger partial charge in [0.05, 0.1) is 12.9 Å². The summed E-state index contributed by atoms with van der Waals surface area (Å²) in [7, 11) is 1.61. The molecule has 2 aromatic rings. The molecule has 1 aromatic carbocycles. The zero-order valence-electron chi connectivity index (χ0n) is 13.8. The molecule has 0 aliphatic heterocycles. The van der Waals surface area contributed by atoms with E-state index in [0.29, 0.717) is 11.1 Å². The van der Waals surface area contributed by atoms with Gasteiger partial charge >= 0.3 is 0 Å². The number of rotatable bonds is 7. The van der Waals surface area contributed by atoms with E-state index in [4.69, 9.17) is 9.15 Å². The van der Waals surface area contributed by atoms with Gasteiger partial charge in [-0.2, -0.15) is 0 Å². The molecule has 1 amide bonds. The van der Waals surface area contributed by atoms with Crippen LogP contribution in [0, 0.1) is 0 Å². The lowest BCUT2D eigenvalue weighted by molar-refractivity contribution is -0.120. The number of amides is 1. The van der Waals surface area contributed by atoms with Crippen molar-refractivity contribution in [2.45, 2.75) is 38.0 Å². The van der Waals surface area contributed by atoms with Crippen molar-refractivity contribution in [3.63, 3.8) is 0 Å². The van der Waals surface area contributed by atoms with E-state index in [1.54, 1.807) is 7.11 Å². The summed E-state index contributed by atoms with van der Waals surface area (Å²) in [6.45, 7) is 6.01. The molecule has 6 nitrogen and oxygen atoms in total. The number of nitrogens with one attached hydrogen (secondary N) is 1. The second-order valence-corrected chi connectivity index (χ2v) is 6.60. The van der Waals surface area contributed by atoms with Gasteiger partial charge in [0.15, 0.2) is 0 Å². The lowest BCUT2D eigenvalue weighted by Crippen LogP contribution is -2.43. The quantitative estimate of drug-likeness (QED) is 0.783. The first-order chi connectivity index (χ1) is 10.9. The topological polar surface area (TPSA) is 77.2 Å². The molecule has 23 heavy (non-hydrogen) atoms. The minimum atomic E-state index is -0.208. The Balaban J connectivity index is 1.93. The number of methoxy groups -OCH3 is 1. The van der Waals surface area contributed by atoms with E-state index < -0.39 is 0 Å². The zero-order valence-corrected chi connectivity index (χ0v) is 14.6. The number of benzene rings is 1. The van der Waals surface area contributed by atoms with Crippen LogP contribution < -0.4 is 10.1 Å². The molecule has 0 fully saturated rings. The van der Waals surface area contributed by atoms with Crippen molar-refractivity contribution in [3.8, 4) is 17.2 Å². The number of hydrogen-bond acceptors (Lipinski definition) is 6. The van der Waals surface area contributed by atoms with Gasteiger partial charge < -0.3 is 14.5 Å². The first-order valence-electron chi connectivity index (χ1n) is 7.35. The summed E-state index contributed by atoms with van der Waals surface area (Å²) < 4.78 is 10.7. The fraction of sp³-hybridized carbons (Fsp3) is 0.438. The van der Waals surface area contributed by atoms with Crippen LogP contribution in [0.5, 0.6) is 5.75 Å². The average Bonchev–Trinajstić information content (AvgIpc) is 3.01. The summed E-state index contributed by atoms with van der Waals surface area (Å²) in [5, 5.41) is 11.3. The van der Waals surface area contributed by atoms with Crippen LogP contribution in [0.25, 0.3) is 11.5 Å². The molecule has 0 aliphatic rings. The number of hydrogen-bond donors (Lipinski definition) is 1. The second-order valence-electron chi connectivity index (χ2n) is 5.68. The van der Waals surface area contributed by atoms with Crippen molar-refractivity contribution in [1.29, 1.82) is 0 Å². The van der Waals surface area contributed by atoms with Crippen molar-refractivity contribution in [3.05, 3.63) is 24.3 Å². The summed E-state index contributed by atoms with van der Waals surface area (Å²) in [5.41, 5.74) is 0.600. The van der Waals surface area contributed by atoms with E-state index in [1.165, 1.54) is 11.8 Å². The van der Waals surface area contributed by atoms with Crippen LogP contribution in [0.2, 0.25) is 0 Å². The largest absolute Gasteiger partial charge is 0.497 e. The third kappa shape index (κ3) is 4.99. The molecular formula is C16H21N3O3S. The lowest BCUT2D eigenvalue weighted by atomic mass is 10.0. The monoisotopic (exact) mass is 335 g/mol. The molecule has 0 bridgehead atoms. The highest BCUT2D eigenvalue weighted by molar-refractivity contribution is 7.99. The highest BCUT2D eigenvalue weighted by Crippen LogP contribution is 2.24. The Morgan fingerprint density at radius 3 is 2.61 bits per heavy atom. The molecule has 7 heteroatoms. The SMILES string of the molecule is CCC(C)(C)NC(=O)CSc1nnc(-c2ccc(OC)cc2)o1. The standard InChI is InChI=1S/C16H21N3O3S/c1-5-16(2,3)17-13(20)10-23-15-19-18-14(22-15)11-6-8-12(21-4)9-7-11/h6-9H,5,10H2,1-4H3,(H,17,20). The van der Waals surface area contributed by atoms with Gasteiger partial charge in [0.1, 0.15) is 5.75 Å². The maximum atomic E-state index is 11.9. The Hall–Kier alpha value is -2.02. The molecule has 0 radical (unpaired) electrons. The molecular weight excluding hydrogens is 314 g/mol. The zero-order chi connectivity index (χ0) is 16.9. The summed E-state index contributed by atoms with van der Waals surface area (Å²) in [5.74, 6) is 1.38. The summed E-state index contributed by atoms with van der Waals surface area (Å²) in [6, 6.07) is 7.34. The molecule has 0 unspecified atom stereocenters. The highest BCUT2D eigenvalue weighted by Gasteiger charge is 2.18. The second kappa shape index (κ2) is 7.50. The summed E-state index contributed by atoms with van der Waals surface area (Å²) in [6.07, 6.45) is 0.867. The predicted molar refractivity (Wildman–Crippen MR) is 89.5 cm³/mol. The molecule has 0 atom stereocenters. The van der Waals surface area contributed by atoms with Gasteiger partial charge in [-0.25, -0.2) is 0 Å². The summed E-state index contributed by atoms with van der Waals surface area (Å²) >= 11 is 1.23. The van der Waals surface area contributed by atoms with Crippen LogP contribution in [-0.4, -0.2) is 34.5 Å². The van der Waals surface area contributed by atoms with Crippen LogP contribution in [0.1, 0.15) is 27.2 Å². The first-order valence-corrected chi connectivity index (χ1v) is 8.34. The van der Waals surface area contributed by atoms with E-state index >= 15 is 0 Å². The Morgan fingerprint density at radius 2 is 2.00 bits per heavy atom. The third-order valence-corrected chi connectivity index (χ3v) is 4.25. The van der Waals surface area contributed by atoms with Crippen LogP contribution >= 0.6 is 11.8 Å². The van der Waals surface area contributed by atoms with Crippen molar-refractivity contribution in [1.82, 2.24) is 15.5 Å². The molecule has 1 N–H and O–H groups in total. The number of carbonyl (C=O) groups is 1. The van der Waals surface area contributed by atoms with E-state index in [0.717, 1.165) is 17.7 Å². The molecule has 1 aromatic heterocycles. The highest BCUT2D eigenvalue weighted by atomic mass is 32.2. The van der Waals surface area contributed by atoms with Crippen LogP contribution in [-0.2, 0) is 4.79 Å². The minimum Gasteiger partial charge on any atom is -0.497 e. The van der Waals surface area contributed by atoms with Crippen molar-refractivity contribution < 1.29 is 13.9 Å². The van der Waals surface area contributed by atoms with Crippen LogP contribution in [0.15, 0.2) is 33.9 Å². The van der Waals surface area contributed by atoms with Gasteiger partial charge in [0, 0.05) is 11.1 Å². The smallest absolute Gasteiger partial charge is 0.277 e. The number of aromatic nitrogens is 2. The van der Waals surface area contributed by atoms with Gasteiger partial charge in [-0.15, -0.1) is 10.2 Å². The van der Waals surface area contributed by atoms with Gasteiger partial charge in [-0.1, -0.05) is 18.7 Å². The van der Waals surface area contributed by atoms with Crippen LogP contribution in [0.3, 0.4) is 0 Å². The fourth-order valence-corrected chi connectivity index (χ4v) is 2.31. The van der Waals surface area contributed by atoms with Gasteiger partial charge in [-0.05, 0) is 44.5 Å². The molecule has 0 saturated heterocycles. The number of thioether (sulfide) groups is 1. The summed E-state index contributed by atoms with van der Waals surface area (Å²) in [4.78, 5) is 11.9. The number of carbonyl (C=O) groups excluding carboxylic acids is 1. The van der Waals surface area contributed by atoms with E-state index in [9.17, 15) is 4.79 Å². The van der Waals surface area contributed by atoms with E-state index in [1.807, 2.05) is 45.0 Å². The van der Waals surface area contributed by atoms with Crippen molar-refractivity contribution in [2.24, 2.45) is 0 Å². The Bertz CT molecular complexity index is 653. The third-order valence-electron chi connectivity index (χ3n) is 3.43. The Kier molecular flexibility index (Phi) is 5.65. The Labute approximate surface area is 140 Å². The Morgan fingerprint density at radius 1 is 1.30 bits per heavy atom. The minimum absolute atomic E-state index is 0.0500. The van der Waals surface area contributed by atoms with Gasteiger partial charge in [0.25, 0.3) is 5.22 Å². The first kappa shape index (κ1) is 17.3. The molecule has 0 spiro atoms. The maximum Gasteiger partial charge on any atom is 0.277 e. The van der Waals surface area contributed by atoms with Gasteiger partial charge in [-0.3, -0.25) is 4.79 Å². The van der Waals surface area contributed by atoms with Gasteiger partial charge in [0.2, 0.25) is 11.8 Å². The molecule has 1 heterocycles.